The Labute approximate surface area is 124 Å². The van der Waals surface area contributed by atoms with Crippen molar-refractivity contribution in [1.29, 1.82) is 0 Å². The van der Waals surface area contributed by atoms with Crippen LogP contribution in [0.5, 0.6) is 0 Å². The molecule has 0 saturated heterocycles. The van der Waals surface area contributed by atoms with Gasteiger partial charge in [0, 0.05) is 26.0 Å². The molecule has 6 heteroatoms. The number of anilines is 2. The SMILES string of the molecule is CN(C)CCCN(C)c1snc(N)c1-c1ccncc1. The molecule has 0 aromatic carbocycles. The van der Waals surface area contributed by atoms with Crippen LogP contribution in [0.15, 0.2) is 24.5 Å². The summed E-state index contributed by atoms with van der Waals surface area (Å²) in [6.45, 7) is 2.06. The molecule has 0 bridgehead atoms. The minimum Gasteiger partial charge on any atom is -0.382 e. The average molecular weight is 291 g/mol. The molecule has 2 aromatic rings. The zero-order valence-corrected chi connectivity index (χ0v) is 13.0. The van der Waals surface area contributed by atoms with E-state index in [4.69, 9.17) is 5.73 Å². The Kier molecular flexibility index (Phi) is 4.92. The third kappa shape index (κ3) is 3.46. The third-order valence-electron chi connectivity index (χ3n) is 3.12. The molecule has 0 spiro atoms. The zero-order chi connectivity index (χ0) is 14.5. The Bertz CT molecular complexity index is 538. The first-order valence-electron chi connectivity index (χ1n) is 6.61. The molecule has 0 amide bonds. The van der Waals surface area contributed by atoms with Crippen molar-refractivity contribution < 1.29 is 0 Å². The lowest BCUT2D eigenvalue weighted by Crippen LogP contribution is -2.23. The minimum atomic E-state index is 0.593. The molecule has 0 aliphatic heterocycles. The second-order valence-corrected chi connectivity index (χ2v) is 5.81. The first-order valence-corrected chi connectivity index (χ1v) is 7.38. The molecule has 0 atom stereocenters. The second kappa shape index (κ2) is 6.67. The van der Waals surface area contributed by atoms with Gasteiger partial charge in [0.15, 0.2) is 0 Å². The van der Waals surface area contributed by atoms with Gasteiger partial charge in [-0.25, -0.2) is 0 Å². The van der Waals surface area contributed by atoms with Gasteiger partial charge in [0.1, 0.15) is 10.8 Å². The minimum absolute atomic E-state index is 0.593. The molecule has 0 aliphatic carbocycles. The summed E-state index contributed by atoms with van der Waals surface area (Å²) in [5, 5.41) is 1.12. The van der Waals surface area contributed by atoms with Gasteiger partial charge in [0.25, 0.3) is 0 Å². The Morgan fingerprint density at radius 1 is 1.15 bits per heavy atom. The Hall–Kier alpha value is -1.66. The number of nitrogens with two attached hydrogens (primary N) is 1. The van der Waals surface area contributed by atoms with Gasteiger partial charge in [0.05, 0.1) is 5.56 Å². The summed E-state index contributed by atoms with van der Waals surface area (Å²) >= 11 is 1.45. The van der Waals surface area contributed by atoms with Crippen molar-refractivity contribution in [2.24, 2.45) is 0 Å². The number of nitrogens with zero attached hydrogens (tertiary/aromatic N) is 4. The summed E-state index contributed by atoms with van der Waals surface area (Å²) in [4.78, 5) is 8.47. The lowest BCUT2D eigenvalue weighted by molar-refractivity contribution is 0.402. The highest BCUT2D eigenvalue weighted by atomic mass is 32.1. The molecular weight excluding hydrogens is 270 g/mol. The second-order valence-electron chi connectivity index (χ2n) is 5.06. The number of hydrogen-bond acceptors (Lipinski definition) is 6. The number of hydrogen-bond donors (Lipinski definition) is 1. The molecule has 20 heavy (non-hydrogen) atoms. The predicted octanol–water partition coefficient (Wildman–Crippen LogP) is 2.18. The van der Waals surface area contributed by atoms with Gasteiger partial charge in [-0.2, -0.15) is 4.37 Å². The van der Waals surface area contributed by atoms with Gasteiger partial charge >= 0.3 is 0 Å². The van der Waals surface area contributed by atoms with Crippen LogP contribution in [0, 0.1) is 0 Å². The number of rotatable bonds is 6. The quantitative estimate of drug-likeness (QED) is 0.884. The van der Waals surface area contributed by atoms with Crippen LogP contribution in [0.4, 0.5) is 10.8 Å². The van der Waals surface area contributed by atoms with E-state index in [1.807, 2.05) is 12.1 Å². The maximum atomic E-state index is 6.03. The average Bonchev–Trinajstić information content (AvgIpc) is 2.81. The predicted molar refractivity (Wildman–Crippen MR) is 86.2 cm³/mol. The van der Waals surface area contributed by atoms with Crippen LogP contribution < -0.4 is 10.6 Å². The van der Waals surface area contributed by atoms with Crippen molar-refractivity contribution in [2.75, 3.05) is 44.9 Å². The standard InChI is InChI=1S/C14H21N5S/c1-18(2)9-4-10-19(3)14-12(13(15)17-20-14)11-5-7-16-8-6-11/h5-8H,4,9-10H2,1-3H3,(H2,15,17). The van der Waals surface area contributed by atoms with Gasteiger partial charge in [0.2, 0.25) is 0 Å². The van der Waals surface area contributed by atoms with Crippen molar-refractivity contribution in [2.45, 2.75) is 6.42 Å². The first-order chi connectivity index (χ1) is 9.59. The van der Waals surface area contributed by atoms with Crippen molar-refractivity contribution in [3.8, 4) is 11.1 Å². The van der Waals surface area contributed by atoms with Crippen molar-refractivity contribution in [3.05, 3.63) is 24.5 Å². The molecule has 2 heterocycles. The molecular formula is C14H21N5S. The van der Waals surface area contributed by atoms with Crippen LogP contribution in [0.1, 0.15) is 6.42 Å². The number of pyridine rings is 1. The van der Waals surface area contributed by atoms with Crippen molar-refractivity contribution in [3.63, 3.8) is 0 Å². The highest BCUT2D eigenvalue weighted by molar-refractivity contribution is 7.11. The summed E-state index contributed by atoms with van der Waals surface area (Å²) in [6.07, 6.45) is 4.67. The van der Waals surface area contributed by atoms with Crippen LogP contribution in [0.3, 0.4) is 0 Å². The van der Waals surface area contributed by atoms with E-state index in [0.29, 0.717) is 5.82 Å². The van der Waals surface area contributed by atoms with Gasteiger partial charge in [-0.15, -0.1) is 0 Å². The van der Waals surface area contributed by atoms with Gasteiger partial charge in [-0.05, 0) is 56.3 Å². The van der Waals surface area contributed by atoms with E-state index < -0.39 is 0 Å². The monoisotopic (exact) mass is 291 g/mol. The fourth-order valence-corrected chi connectivity index (χ4v) is 2.89. The molecule has 2 N–H and O–H groups in total. The van der Waals surface area contributed by atoms with Crippen LogP contribution in [0.25, 0.3) is 11.1 Å². The zero-order valence-electron chi connectivity index (χ0n) is 12.2. The van der Waals surface area contributed by atoms with Crippen molar-refractivity contribution >= 4 is 22.4 Å². The smallest absolute Gasteiger partial charge is 0.147 e. The first kappa shape index (κ1) is 14.7. The molecule has 0 radical (unpaired) electrons. The maximum absolute atomic E-state index is 6.03. The summed E-state index contributed by atoms with van der Waals surface area (Å²) < 4.78 is 4.30. The molecule has 0 fully saturated rings. The van der Waals surface area contributed by atoms with Gasteiger partial charge in [-0.3, -0.25) is 4.98 Å². The van der Waals surface area contributed by atoms with E-state index in [0.717, 1.165) is 35.6 Å². The molecule has 5 nitrogen and oxygen atoms in total. The summed E-state index contributed by atoms with van der Waals surface area (Å²) in [6, 6.07) is 3.94. The van der Waals surface area contributed by atoms with E-state index >= 15 is 0 Å². The fourth-order valence-electron chi connectivity index (χ4n) is 2.07. The van der Waals surface area contributed by atoms with Gasteiger partial charge in [-0.1, -0.05) is 0 Å². The Balaban J connectivity index is 2.17. The number of nitrogen functional groups attached to an aromatic ring is 1. The number of aromatic nitrogens is 2. The van der Waals surface area contributed by atoms with Crippen LogP contribution in [-0.2, 0) is 0 Å². The van der Waals surface area contributed by atoms with Gasteiger partial charge < -0.3 is 15.5 Å². The highest BCUT2D eigenvalue weighted by Gasteiger charge is 2.16. The van der Waals surface area contributed by atoms with E-state index in [2.05, 4.69) is 40.3 Å². The molecule has 2 rings (SSSR count). The summed E-state index contributed by atoms with van der Waals surface area (Å²) in [5.41, 5.74) is 8.12. The lowest BCUT2D eigenvalue weighted by Gasteiger charge is -2.20. The molecule has 0 unspecified atom stereocenters. The molecule has 0 saturated carbocycles. The Morgan fingerprint density at radius 3 is 2.50 bits per heavy atom. The van der Waals surface area contributed by atoms with Crippen LogP contribution in [-0.4, -0.2) is 48.5 Å². The fraction of sp³-hybridized carbons (Fsp3) is 0.429. The maximum Gasteiger partial charge on any atom is 0.147 e. The summed E-state index contributed by atoms with van der Waals surface area (Å²) in [7, 11) is 6.27. The molecule has 0 aliphatic rings. The van der Waals surface area contributed by atoms with E-state index in [9.17, 15) is 0 Å². The molecule has 2 aromatic heterocycles. The molecule has 108 valence electrons. The normalized spacial score (nSPS) is 11.0. The third-order valence-corrected chi connectivity index (χ3v) is 4.09. The van der Waals surface area contributed by atoms with E-state index in [-0.39, 0.29) is 0 Å². The summed E-state index contributed by atoms with van der Waals surface area (Å²) in [5.74, 6) is 0.593. The van der Waals surface area contributed by atoms with E-state index in [1.165, 1.54) is 11.5 Å². The highest BCUT2D eigenvalue weighted by Crippen LogP contribution is 2.38. The van der Waals surface area contributed by atoms with E-state index in [1.54, 1.807) is 12.4 Å². The van der Waals surface area contributed by atoms with Crippen LogP contribution in [0.2, 0.25) is 0 Å². The topological polar surface area (TPSA) is 58.3 Å². The van der Waals surface area contributed by atoms with Crippen molar-refractivity contribution in [1.82, 2.24) is 14.3 Å². The largest absolute Gasteiger partial charge is 0.382 e. The Morgan fingerprint density at radius 2 is 1.85 bits per heavy atom. The lowest BCUT2D eigenvalue weighted by atomic mass is 10.1. The van der Waals surface area contributed by atoms with Crippen LogP contribution >= 0.6 is 11.5 Å².